The van der Waals surface area contributed by atoms with E-state index < -0.39 is 5.97 Å². The van der Waals surface area contributed by atoms with Crippen molar-refractivity contribution in [1.29, 1.82) is 0 Å². The fraction of sp³-hybridized carbons (Fsp3) is 0.778. The second-order valence-electron chi connectivity index (χ2n) is 11.6. The first-order valence-electron chi connectivity index (χ1n) is 17.4. The van der Waals surface area contributed by atoms with Crippen LogP contribution in [0.5, 0.6) is 0 Å². The Labute approximate surface area is 267 Å². The van der Waals surface area contributed by atoms with E-state index in [0.717, 1.165) is 103 Å². The highest BCUT2D eigenvalue weighted by Gasteiger charge is 2.13. The van der Waals surface area contributed by atoms with Crippen LogP contribution in [-0.2, 0) is 33.4 Å². The molecule has 0 spiro atoms. The minimum atomic E-state index is -0.878. The van der Waals surface area contributed by atoms with E-state index in [-0.39, 0.29) is 50.1 Å². The van der Waals surface area contributed by atoms with Crippen LogP contribution in [0.3, 0.4) is 0 Å². The molecular weight excluding hydrogens is 560 g/mol. The summed E-state index contributed by atoms with van der Waals surface area (Å²) in [5.41, 5.74) is 0. The number of unbranched alkanes of at least 4 members (excludes halogenated alkanes) is 13. The van der Waals surface area contributed by atoms with Crippen LogP contribution in [0.2, 0.25) is 0 Å². The molecule has 0 amide bonds. The van der Waals surface area contributed by atoms with Gasteiger partial charge in [0.05, 0.1) is 13.2 Å². The van der Waals surface area contributed by atoms with Gasteiger partial charge in [0, 0.05) is 32.1 Å². The standard InChI is InChI=1S/C36H62O8/c1-3-5-7-9-12-16-20-28-35(40)43-31-23-29-36(41)44-32(24-18-8-6-4-2)25-19-15-13-10-11-14-17-21-27-34(39)42-30-22-26-33(37)38/h3,15,19,32H,1,4-14,16-18,20-31H2,2H3,(H,37,38)/b19-15+. The van der Waals surface area contributed by atoms with Gasteiger partial charge in [-0.1, -0.05) is 82.9 Å². The van der Waals surface area contributed by atoms with E-state index in [1.54, 1.807) is 0 Å². The molecule has 1 N–H and O–H groups in total. The van der Waals surface area contributed by atoms with Crippen LogP contribution < -0.4 is 0 Å². The maximum Gasteiger partial charge on any atom is 0.306 e. The number of ether oxygens (including phenoxy) is 3. The average Bonchev–Trinajstić information content (AvgIpc) is 2.99. The first kappa shape index (κ1) is 41.4. The van der Waals surface area contributed by atoms with E-state index in [9.17, 15) is 19.2 Å². The lowest BCUT2D eigenvalue weighted by atomic mass is 10.1. The maximum atomic E-state index is 12.5. The molecule has 0 rings (SSSR count). The molecule has 8 nitrogen and oxygen atoms in total. The van der Waals surface area contributed by atoms with Crippen LogP contribution in [0, 0.1) is 0 Å². The smallest absolute Gasteiger partial charge is 0.306 e. The lowest BCUT2D eigenvalue weighted by molar-refractivity contribution is -0.151. The third kappa shape index (κ3) is 30.8. The number of carboxylic acid groups (broad SMARTS) is 1. The van der Waals surface area contributed by atoms with Crippen molar-refractivity contribution in [3.63, 3.8) is 0 Å². The van der Waals surface area contributed by atoms with Crippen molar-refractivity contribution < 1.29 is 38.5 Å². The molecule has 0 aromatic carbocycles. The minimum Gasteiger partial charge on any atom is -0.481 e. The molecule has 8 heteroatoms. The maximum absolute atomic E-state index is 12.5. The Bertz CT molecular complexity index is 776. The normalized spacial score (nSPS) is 11.8. The number of aliphatic carboxylic acids is 1. The van der Waals surface area contributed by atoms with Crippen LogP contribution in [-0.4, -0.2) is 48.3 Å². The summed E-state index contributed by atoms with van der Waals surface area (Å²) in [5.74, 6) is -1.54. The van der Waals surface area contributed by atoms with Crippen LogP contribution in [0.25, 0.3) is 0 Å². The number of rotatable bonds is 32. The van der Waals surface area contributed by atoms with Crippen molar-refractivity contribution in [2.24, 2.45) is 0 Å². The fourth-order valence-corrected chi connectivity index (χ4v) is 4.74. The summed E-state index contributed by atoms with van der Waals surface area (Å²) in [6.45, 7) is 6.34. The molecule has 0 aliphatic carbocycles. The molecule has 44 heavy (non-hydrogen) atoms. The Morgan fingerprint density at radius 3 is 1.73 bits per heavy atom. The molecule has 1 unspecified atom stereocenters. The molecule has 0 aromatic rings. The highest BCUT2D eigenvalue weighted by molar-refractivity contribution is 5.70. The van der Waals surface area contributed by atoms with Crippen LogP contribution in [0.15, 0.2) is 24.8 Å². The third-order valence-electron chi connectivity index (χ3n) is 7.37. The van der Waals surface area contributed by atoms with Gasteiger partial charge in [0.2, 0.25) is 0 Å². The summed E-state index contributed by atoms with van der Waals surface area (Å²) in [6, 6.07) is 0. The topological polar surface area (TPSA) is 116 Å². The molecule has 0 aliphatic heterocycles. The van der Waals surface area contributed by atoms with E-state index in [0.29, 0.717) is 25.7 Å². The fourth-order valence-electron chi connectivity index (χ4n) is 4.74. The van der Waals surface area contributed by atoms with E-state index in [2.05, 4.69) is 25.7 Å². The number of hydrogen-bond acceptors (Lipinski definition) is 7. The molecular formula is C36H62O8. The van der Waals surface area contributed by atoms with Gasteiger partial charge < -0.3 is 19.3 Å². The van der Waals surface area contributed by atoms with E-state index >= 15 is 0 Å². The molecule has 0 aromatic heterocycles. The quantitative estimate of drug-likeness (QED) is 0.0342. The van der Waals surface area contributed by atoms with Gasteiger partial charge in [0.25, 0.3) is 0 Å². The molecule has 0 aliphatic rings. The largest absolute Gasteiger partial charge is 0.481 e. The van der Waals surface area contributed by atoms with Crippen molar-refractivity contribution in [1.82, 2.24) is 0 Å². The lowest BCUT2D eigenvalue weighted by Gasteiger charge is -2.16. The first-order chi connectivity index (χ1) is 21.4. The highest BCUT2D eigenvalue weighted by atomic mass is 16.5. The number of carbonyl (C=O) groups excluding carboxylic acids is 3. The lowest BCUT2D eigenvalue weighted by Crippen LogP contribution is -2.18. The van der Waals surface area contributed by atoms with Crippen molar-refractivity contribution in [3.8, 4) is 0 Å². The summed E-state index contributed by atoms with van der Waals surface area (Å²) in [6.07, 6.45) is 26.5. The Balaban J connectivity index is 4.03. The zero-order valence-corrected chi connectivity index (χ0v) is 27.7. The first-order valence-corrected chi connectivity index (χ1v) is 17.4. The zero-order valence-electron chi connectivity index (χ0n) is 27.7. The second-order valence-corrected chi connectivity index (χ2v) is 11.6. The van der Waals surface area contributed by atoms with E-state index in [4.69, 9.17) is 19.3 Å². The van der Waals surface area contributed by atoms with Gasteiger partial charge in [-0.05, 0) is 64.2 Å². The van der Waals surface area contributed by atoms with Gasteiger partial charge in [-0.2, -0.15) is 0 Å². The van der Waals surface area contributed by atoms with Crippen molar-refractivity contribution in [2.75, 3.05) is 13.2 Å². The monoisotopic (exact) mass is 622 g/mol. The number of carboxylic acids is 1. The van der Waals surface area contributed by atoms with Crippen LogP contribution in [0.1, 0.15) is 161 Å². The molecule has 0 heterocycles. The van der Waals surface area contributed by atoms with E-state index in [1.165, 1.54) is 12.8 Å². The molecule has 0 radical (unpaired) electrons. The summed E-state index contributed by atoms with van der Waals surface area (Å²) < 4.78 is 16.1. The number of esters is 3. The zero-order chi connectivity index (χ0) is 32.5. The number of carbonyl (C=O) groups is 4. The molecule has 0 saturated carbocycles. The molecule has 0 bridgehead atoms. The van der Waals surface area contributed by atoms with Gasteiger partial charge in [-0.25, -0.2) is 0 Å². The van der Waals surface area contributed by atoms with Crippen molar-refractivity contribution >= 4 is 23.9 Å². The molecule has 0 saturated heterocycles. The highest BCUT2D eigenvalue weighted by Crippen LogP contribution is 2.15. The second kappa shape index (κ2) is 31.8. The van der Waals surface area contributed by atoms with E-state index in [1.807, 2.05) is 6.08 Å². The summed E-state index contributed by atoms with van der Waals surface area (Å²) >= 11 is 0. The van der Waals surface area contributed by atoms with Crippen molar-refractivity contribution in [3.05, 3.63) is 24.8 Å². The predicted octanol–water partition coefficient (Wildman–Crippen LogP) is 9.19. The number of hydrogen-bond donors (Lipinski definition) is 1. The Morgan fingerprint density at radius 1 is 0.614 bits per heavy atom. The summed E-state index contributed by atoms with van der Waals surface area (Å²) in [4.78, 5) is 46.5. The van der Waals surface area contributed by atoms with Gasteiger partial charge in [0.1, 0.15) is 6.10 Å². The van der Waals surface area contributed by atoms with Crippen LogP contribution in [0.4, 0.5) is 0 Å². The summed E-state index contributed by atoms with van der Waals surface area (Å²) in [5, 5.41) is 8.58. The predicted molar refractivity (Wildman–Crippen MR) is 175 cm³/mol. The van der Waals surface area contributed by atoms with Gasteiger partial charge >= 0.3 is 23.9 Å². The van der Waals surface area contributed by atoms with Gasteiger partial charge in [0.15, 0.2) is 0 Å². The molecule has 254 valence electrons. The number of allylic oxidation sites excluding steroid dienone is 2. The Hall–Kier alpha value is -2.64. The molecule has 0 fully saturated rings. The minimum absolute atomic E-state index is 0.0182. The van der Waals surface area contributed by atoms with Gasteiger partial charge in [-0.15, -0.1) is 6.58 Å². The SMILES string of the molecule is C=CCCCCCCCC(=O)OCCCC(=O)OC(C/C=C/CCCCCCCC(=O)OCCCC(=O)O)CCCCCC. The average molecular weight is 623 g/mol. The Kier molecular flexibility index (Phi) is 29.9. The third-order valence-corrected chi connectivity index (χ3v) is 7.37. The van der Waals surface area contributed by atoms with Crippen molar-refractivity contribution in [2.45, 2.75) is 167 Å². The Morgan fingerprint density at radius 2 is 1.14 bits per heavy atom. The van der Waals surface area contributed by atoms with Crippen LogP contribution >= 0.6 is 0 Å². The summed E-state index contributed by atoms with van der Waals surface area (Å²) in [7, 11) is 0. The van der Waals surface area contributed by atoms with Gasteiger partial charge in [-0.3, -0.25) is 19.2 Å². The molecule has 1 atom stereocenters.